The smallest absolute Gasteiger partial charge is 0.234 e. The summed E-state index contributed by atoms with van der Waals surface area (Å²) in [5, 5.41) is 11.9. The van der Waals surface area contributed by atoms with Gasteiger partial charge in [-0.1, -0.05) is 36.9 Å². The van der Waals surface area contributed by atoms with Crippen molar-refractivity contribution in [1.82, 2.24) is 14.8 Å². The molecule has 1 aromatic heterocycles. The molecule has 3 aromatic rings. The molecular weight excluding hydrogens is 375 g/mol. The van der Waals surface area contributed by atoms with Gasteiger partial charge in [-0.25, -0.2) is 4.39 Å². The van der Waals surface area contributed by atoms with E-state index in [1.807, 2.05) is 28.8 Å². The van der Waals surface area contributed by atoms with Crippen LogP contribution in [0.5, 0.6) is 0 Å². The second-order valence-corrected chi connectivity index (χ2v) is 7.05. The van der Waals surface area contributed by atoms with Crippen LogP contribution in [0.1, 0.15) is 12.5 Å². The maximum absolute atomic E-state index is 13.2. The molecule has 0 atom stereocenters. The average Bonchev–Trinajstić information content (AvgIpc) is 3.10. The molecule has 5 nitrogen and oxygen atoms in total. The highest BCUT2D eigenvalue weighted by Gasteiger charge is 2.15. The van der Waals surface area contributed by atoms with Crippen LogP contribution in [0.3, 0.4) is 0 Å². The first-order chi connectivity index (χ1) is 13.6. The molecule has 0 aliphatic rings. The zero-order chi connectivity index (χ0) is 19.9. The summed E-state index contributed by atoms with van der Waals surface area (Å²) >= 11 is 1.30. The predicted molar refractivity (Wildman–Crippen MR) is 111 cm³/mol. The number of nitrogens with one attached hydrogen (secondary N) is 1. The van der Waals surface area contributed by atoms with Crippen molar-refractivity contribution in [3.8, 4) is 11.4 Å². The van der Waals surface area contributed by atoms with Crippen LogP contribution < -0.4 is 5.32 Å². The van der Waals surface area contributed by atoms with Gasteiger partial charge >= 0.3 is 0 Å². The van der Waals surface area contributed by atoms with Crippen LogP contribution in [0, 0.1) is 5.82 Å². The molecule has 0 aliphatic heterocycles. The Bertz CT molecular complexity index is 969. The van der Waals surface area contributed by atoms with Gasteiger partial charge in [-0.2, -0.15) is 0 Å². The fourth-order valence-corrected chi connectivity index (χ4v) is 3.45. The van der Waals surface area contributed by atoms with E-state index in [1.165, 1.54) is 29.5 Å². The van der Waals surface area contributed by atoms with Gasteiger partial charge in [-0.3, -0.25) is 9.36 Å². The first kappa shape index (κ1) is 19.8. The maximum Gasteiger partial charge on any atom is 0.234 e. The summed E-state index contributed by atoms with van der Waals surface area (Å²) < 4.78 is 15.0. The lowest BCUT2D eigenvalue weighted by Gasteiger charge is -2.09. The minimum Gasteiger partial charge on any atom is -0.325 e. The van der Waals surface area contributed by atoms with E-state index >= 15 is 0 Å². The van der Waals surface area contributed by atoms with Gasteiger partial charge in [0, 0.05) is 17.8 Å². The van der Waals surface area contributed by atoms with Crippen LogP contribution in [0.4, 0.5) is 10.1 Å². The molecule has 0 unspecified atom stereocenters. The van der Waals surface area contributed by atoms with Crippen LogP contribution in [0.2, 0.25) is 0 Å². The zero-order valence-corrected chi connectivity index (χ0v) is 16.4. The molecule has 1 amide bonds. The van der Waals surface area contributed by atoms with Crippen LogP contribution in [0.25, 0.3) is 11.4 Å². The van der Waals surface area contributed by atoms with Gasteiger partial charge in [0.2, 0.25) is 5.91 Å². The van der Waals surface area contributed by atoms with E-state index in [2.05, 4.69) is 29.0 Å². The Morgan fingerprint density at radius 3 is 2.75 bits per heavy atom. The molecule has 0 spiro atoms. The lowest BCUT2D eigenvalue weighted by atomic mass is 10.1. The van der Waals surface area contributed by atoms with Crippen LogP contribution in [-0.4, -0.2) is 26.4 Å². The fourth-order valence-electron chi connectivity index (χ4n) is 2.70. The van der Waals surface area contributed by atoms with Gasteiger partial charge in [0.05, 0.1) is 5.75 Å². The summed E-state index contributed by atoms with van der Waals surface area (Å²) in [6, 6.07) is 13.9. The molecule has 1 N–H and O–H groups in total. The second-order valence-electron chi connectivity index (χ2n) is 6.10. The molecule has 0 radical (unpaired) electrons. The molecule has 0 aliphatic carbocycles. The molecule has 0 bridgehead atoms. The number of thioether (sulfide) groups is 1. The highest BCUT2D eigenvalue weighted by Crippen LogP contribution is 2.24. The first-order valence-corrected chi connectivity index (χ1v) is 9.91. The molecule has 3 rings (SSSR count). The quantitative estimate of drug-likeness (QED) is 0.448. The summed E-state index contributed by atoms with van der Waals surface area (Å²) in [5.41, 5.74) is 2.70. The number of rotatable bonds is 8. The second kappa shape index (κ2) is 9.32. The molecule has 0 saturated carbocycles. The van der Waals surface area contributed by atoms with E-state index in [0.29, 0.717) is 17.5 Å². The van der Waals surface area contributed by atoms with Crippen LogP contribution >= 0.6 is 11.8 Å². The summed E-state index contributed by atoms with van der Waals surface area (Å²) in [7, 11) is 0. The van der Waals surface area contributed by atoms with E-state index in [1.54, 1.807) is 18.2 Å². The van der Waals surface area contributed by atoms with Crippen molar-refractivity contribution >= 4 is 23.4 Å². The Hall–Kier alpha value is -2.93. The number of hydrogen-bond donors (Lipinski definition) is 1. The lowest BCUT2D eigenvalue weighted by molar-refractivity contribution is -0.113. The lowest BCUT2D eigenvalue weighted by Crippen LogP contribution is -2.14. The summed E-state index contributed by atoms with van der Waals surface area (Å²) in [4.78, 5) is 12.3. The van der Waals surface area contributed by atoms with E-state index in [0.717, 1.165) is 17.7 Å². The number of benzene rings is 2. The zero-order valence-electron chi connectivity index (χ0n) is 15.6. The maximum atomic E-state index is 13.2. The van der Waals surface area contributed by atoms with Crippen molar-refractivity contribution in [3.05, 3.63) is 72.6 Å². The minimum absolute atomic E-state index is 0.116. The van der Waals surface area contributed by atoms with E-state index in [9.17, 15) is 9.18 Å². The highest BCUT2D eigenvalue weighted by atomic mass is 32.2. The van der Waals surface area contributed by atoms with Crippen molar-refractivity contribution in [2.45, 2.75) is 25.0 Å². The highest BCUT2D eigenvalue weighted by molar-refractivity contribution is 7.99. The van der Waals surface area contributed by atoms with Crippen LogP contribution in [0.15, 0.2) is 66.3 Å². The van der Waals surface area contributed by atoms with E-state index in [-0.39, 0.29) is 17.5 Å². The standard InChI is InChI=1S/C21H21FN4OS/c1-3-12-26-20(16-8-10-17(22)11-9-16)24-25-21(26)28-14-19(27)23-18-7-5-6-15(4-2)13-18/h3,5-11,13H,1,4,12,14H2,2H3,(H,23,27). The van der Waals surface area contributed by atoms with Gasteiger partial charge in [-0.15, -0.1) is 16.8 Å². The summed E-state index contributed by atoms with van der Waals surface area (Å²) in [6.45, 7) is 6.33. The summed E-state index contributed by atoms with van der Waals surface area (Å²) in [5.74, 6) is 0.389. The number of hydrogen-bond acceptors (Lipinski definition) is 4. The molecular formula is C21H21FN4OS. The van der Waals surface area contributed by atoms with E-state index < -0.39 is 0 Å². The number of allylic oxidation sites excluding steroid dienone is 1. The molecule has 0 saturated heterocycles. The average molecular weight is 396 g/mol. The van der Waals surface area contributed by atoms with Crippen molar-refractivity contribution in [3.63, 3.8) is 0 Å². The number of amides is 1. The Balaban J connectivity index is 1.70. The minimum atomic E-state index is -0.308. The van der Waals surface area contributed by atoms with Gasteiger partial charge in [0.15, 0.2) is 11.0 Å². The number of carbonyl (C=O) groups is 1. The largest absolute Gasteiger partial charge is 0.325 e. The Kier molecular flexibility index (Phi) is 6.60. The fraction of sp³-hybridized carbons (Fsp3) is 0.190. The third-order valence-corrected chi connectivity index (χ3v) is 5.05. The van der Waals surface area contributed by atoms with Gasteiger partial charge in [-0.05, 0) is 48.4 Å². The molecule has 0 fully saturated rings. The number of aryl methyl sites for hydroxylation is 1. The van der Waals surface area contributed by atoms with Gasteiger partial charge < -0.3 is 5.32 Å². The number of anilines is 1. The predicted octanol–water partition coefficient (Wildman–Crippen LogP) is 4.56. The third kappa shape index (κ3) is 4.86. The van der Waals surface area contributed by atoms with Crippen molar-refractivity contribution in [2.75, 3.05) is 11.1 Å². The molecule has 2 aromatic carbocycles. The molecule has 28 heavy (non-hydrogen) atoms. The topological polar surface area (TPSA) is 59.8 Å². The number of nitrogens with zero attached hydrogens (tertiary/aromatic N) is 3. The Labute approximate surface area is 167 Å². The Morgan fingerprint density at radius 2 is 2.04 bits per heavy atom. The first-order valence-electron chi connectivity index (χ1n) is 8.92. The van der Waals surface area contributed by atoms with Gasteiger partial charge in [0.25, 0.3) is 0 Å². The number of halogens is 1. The van der Waals surface area contributed by atoms with Crippen LogP contribution in [-0.2, 0) is 17.8 Å². The molecule has 144 valence electrons. The molecule has 1 heterocycles. The van der Waals surface area contributed by atoms with Crippen molar-refractivity contribution in [1.29, 1.82) is 0 Å². The SMILES string of the molecule is C=CCn1c(SCC(=O)Nc2cccc(CC)c2)nnc1-c1ccc(F)cc1. The Morgan fingerprint density at radius 1 is 1.25 bits per heavy atom. The molecule has 7 heteroatoms. The van der Waals surface area contributed by atoms with E-state index in [4.69, 9.17) is 0 Å². The van der Waals surface area contributed by atoms with Crippen molar-refractivity contribution < 1.29 is 9.18 Å². The normalized spacial score (nSPS) is 10.6. The monoisotopic (exact) mass is 396 g/mol. The van der Waals surface area contributed by atoms with Gasteiger partial charge in [0.1, 0.15) is 5.82 Å². The van der Waals surface area contributed by atoms with Crippen molar-refractivity contribution in [2.24, 2.45) is 0 Å². The number of carbonyl (C=O) groups excluding carboxylic acids is 1. The third-order valence-electron chi connectivity index (χ3n) is 4.08. The summed E-state index contributed by atoms with van der Waals surface area (Å²) in [6.07, 6.45) is 2.64. The number of aromatic nitrogens is 3.